The molecule has 0 aromatic heterocycles. The molecule has 0 aliphatic carbocycles. The Bertz CT molecular complexity index is 434. The normalized spacial score (nSPS) is 12.8. The third kappa shape index (κ3) is 6.45. The van der Waals surface area contributed by atoms with Crippen LogP contribution in [0.25, 0.3) is 0 Å². The van der Waals surface area contributed by atoms with Crippen molar-refractivity contribution >= 4 is 5.97 Å². The van der Waals surface area contributed by atoms with Gasteiger partial charge in [0.05, 0.1) is 6.61 Å². The molecule has 112 valence electrons. The summed E-state index contributed by atoms with van der Waals surface area (Å²) in [7, 11) is 0. The molecule has 1 aromatic carbocycles. The predicted octanol–water partition coefficient (Wildman–Crippen LogP) is 3.60. The number of hydrogen-bond donors (Lipinski definition) is 1. The molecule has 1 aromatic rings. The average molecular weight is 280 g/mol. The van der Waals surface area contributed by atoms with Crippen molar-refractivity contribution in [2.24, 2.45) is 11.3 Å². The minimum Gasteiger partial charge on any atom is -0.489 e. The van der Waals surface area contributed by atoms with Gasteiger partial charge in [-0.05, 0) is 29.9 Å². The molecule has 0 amide bonds. The lowest BCUT2D eigenvalue weighted by atomic mass is 9.86. The Morgan fingerprint density at radius 2 is 1.75 bits per heavy atom. The number of hydrogen-bond acceptors (Lipinski definition) is 3. The van der Waals surface area contributed by atoms with Crippen LogP contribution in [0.1, 0.15) is 34.1 Å². The second kappa shape index (κ2) is 7.17. The summed E-state index contributed by atoms with van der Waals surface area (Å²) in [6, 6.07) is 7.15. The zero-order valence-electron chi connectivity index (χ0n) is 12.7. The van der Waals surface area contributed by atoms with Crippen LogP contribution < -0.4 is 9.47 Å². The van der Waals surface area contributed by atoms with Gasteiger partial charge in [-0.15, -0.1) is 0 Å². The third-order valence-electron chi connectivity index (χ3n) is 2.68. The molecule has 0 saturated carbocycles. The summed E-state index contributed by atoms with van der Waals surface area (Å²) in [5.74, 6) is 0.482. The summed E-state index contributed by atoms with van der Waals surface area (Å²) in [6.07, 6.45) is 1.06. The molecule has 0 heterocycles. The number of carboxylic acid groups (broad SMARTS) is 1. The molecule has 1 unspecified atom stereocenters. The molecule has 0 bridgehead atoms. The number of benzene rings is 1. The quantitative estimate of drug-likeness (QED) is 0.829. The lowest BCUT2D eigenvalue weighted by Crippen LogP contribution is -2.17. The van der Waals surface area contributed by atoms with Crippen molar-refractivity contribution in [3.63, 3.8) is 0 Å². The molecular formula is C16H24O4. The van der Waals surface area contributed by atoms with Gasteiger partial charge in [0.15, 0.2) is 18.1 Å². The van der Waals surface area contributed by atoms with E-state index in [4.69, 9.17) is 14.6 Å². The fraction of sp³-hybridized carbons (Fsp3) is 0.562. The van der Waals surface area contributed by atoms with Gasteiger partial charge in [-0.2, -0.15) is 0 Å². The van der Waals surface area contributed by atoms with Crippen LogP contribution in [0, 0.1) is 11.3 Å². The molecule has 4 nitrogen and oxygen atoms in total. The maximum Gasteiger partial charge on any atom is 0.341 e. The van der Waals surface area contributed by atoms with Crippen LogP contribution >= 0.6 is 0 Å². The fourth-order valence-electron chi connectivity index (χ4n) is 2.16. The summed E-state index contributed by atoms with van der Waals surface area (Å²) in [6.45, 7) is 8.98. The number of ether oxygens (including phenoxy) is 2. The highest BCUT2D eigenvalue weighted by molar-refractivity contribution is 5.68. The molecule has 0 spiro atoms. The maximum absolute atomic E-state index is 10.5. The lowest BCUT2D eigenvalue weighted by Gasteiger charge is -2.23. The fourth-order valence-corrected chi connectivity index (χ4v) is 2.16. The predicted molar refractivity (Wildman–Crippen MR) is 78.3 cm³/mol. The van der Waals surface area contributed by atoms with Gasteiger partial charge >= 0.3 is 5.97 Å². The zero-order valence-corrected chi connectivity index (χ0v) is 12.7. The molecule has 0 aliphatic heterocycles. The van der Waals surface area contributed by atoms with Crippen molar-refractivity contribution in [1.29, 1.82) is 0 Å². The van der Waals surface area contributed by atoms with E-state index in [1.807, 2.05) is 6.07 Å². The maximum atomic E-state index is 10.5. The van der Waals surface area contributed by atoms with Gasteiger partial charge in [-0.25, -0.2) is 4.79 Å². The summed E-state index contributed by atoms with van der Waals surface area (Å²) in [5.41, 5.74) is 0.266. The largest absolute Gasteiger partial charge is 0.489 e. The van der Waals surface area contributed by atoms with E-state index in [-0.39, 0.29) is 12.0 Å². The van der Waals surface area contributed by atoms with E-state index in [2.05, 4.69) is 27.7 Å². The van der Waals surface area contributed by atoms with Crippen LogP contribution in [0.4, 0.5) is 0 Å². The number of carbonyl (C=O) groups is 1. The Morgan fingerprint density at radius 3 is 2.25 bits per heavy atom. The van der Waals surface area contributed by atoms with Crippen LogP contribution in [-0.2, 0) is 4.79 Å². The SMILES string of the molecule is CC(COc1ccccc1OCC(=O)O)CC(C)(C)C. The summed E-state index contributed by atoms with van der Waals surface area (Å²) in [5, 5.41) is 8.65. The first kappa shape index (κ1) is 16.3. The summed E-state index contributed by atoms with van der Waals surface area (Å²) >= 11 is 0. The van der Waals surface area contributed by atoms with E-state index in [1.165, 1.54) is 0 Å². The first-order chi connectivity index (χ1) is 9.28. The van der Waals surface area contributed by atoms with Gasteiger partial charge in [0.1, 0.15) is 0 Å². The summed E-state index contributed by atoms with van der Waals surface area (Å²) in [4.78, 5) is 10.5. The van der Waals surface area contributed by atoms with Crippen LogP contribution in [0.3, 0.4) is 0 Å². The zero-order chi connectivity index (χ0) is 15.2. The first-order valence-electron chi connectivity index (χ1n) is 6.84. The standard InChI is InChI=1S/C16H24O4/c1-12(9-16(2,3)4)10-19-13-7-5-6-8-14(13)20-11-15(17)18/h5-8,12H,9-11H2,1-4H3,(H,17,18). The Morgan fingerprint density at radius 1 is 1.20 bits per heavy atom. The van der Waals surface area contributed by atoms with Crippen LogP contribution in [0.2, 0.25) is 0 Å². The third-order valence-corrected chi connectivity index (χ3v) is 2.68. The monoisotopic (exact) mass is 280 g/mol. The molecule has 20 heavy (non-hydrogen) atoms. The van der Waals surface area contributed by atoms with Crippen LogP contribution in [0.5, 0.6) is 11.5 Å². The van der Waals surface area contributed by atoms with Crippen molar-refractivity contribution in [3.8, 4) is 11.5 Å². The van der Waals surface area contributed by atoms with Crippen LogP contribution in [0.15, 0.2) is 24.3 Å². The smallest absolute Gasteiger partial charge is 0.341 e. The number of aliphatic carboxylic acids is 1. The molecule has 0 fully saturated rings. The molecule has 0 radical (unpaired) electrons. The Kier molecular flexibility index (Phi) is 5.86. The molecule has 1 N–H and O–H groups in total. The van der Waals surface area contributed by atoms with Crippen molar-refractivity contribution in [3.05, 3.63) is 24.3 Å². The highest BCUT2D eigenvalue weighted by atomic mass is 16.5. The highest BCUT2D eigenvalue weighted by Gasteiger charge is 2.16. The van der Waals surface area contributed by atoms with E-state index in [9.17, 15) is 4.79 Å². The Balaban J connectivity index is 2.57. The van der Waals surface area contributed by atoms with Crippen molar-refractivity contribution in [1.82, 2.24) is 0 Å². The van der Waals surface area contributed by atoms with Crippen LogP contribution in [-0.4, -0.2) is 24.3 Å². The first-order valence-corrected chi connectivity index (χ1v) is 6.84. The Hall–Kier alpha value is -1.71. The van der Waals surface area contributed by atoms with Gasteiger partial charge < -0.3 is 14.6 Å². The number of para-hydroxylation sites is 2. The lowest BCUT2D eigenvalue weighted by molar-refractivity contribution is -0.139. The van der Waals surface area contributed by atoms with E-state index in [0.717, 1.165) is 6.42 Å². The average Bonchev–Trinajstić information content (AvgIpc) is 2.32. The van der Waals surface area contributed by atoms with Gasteiger partial charge in [-0.1, -0.05) is 39.8 Å². The topological polar surface area (TPSA) is 55.8 Å². The second-order valence-corrected chi connectivity index (χ2v) is 6.31. The minimum absolute atomic E-state index is 0.266. The van der Waals surface area contributed by atoms with E-state index < -0.39 is 5.97 Å². The molecule has 1 atom stereocenters. The van der Waals surface area contributed by atoms with Crippen molar-refractivity contribution in [2.75, 3.05) is 13.2 Å². The second-order valence-electron chi connectivity index (χ2n) is 6.31. The molecular weight excluding hydrogens is 256 g/mol. The van der Waals surface area contributed by atoms with Gasteiger partial charge in [-0.3, -0.25) is 0 Å². The highest BCUT2D eigenvalue weighted by Crippen LogP contribution is 2.29. The van der Waals surface area contributed by atoms with Gasteiger partial charge in [0.2, 0.25) is 0 Å². The molecule has 4 heteroatoms. The van der Waals surface area contributed by atoms with Gasteiger partial charge in [0, 0.05) is 0 Å². The summed E-state index contributed by atoms with van der Waals surface area (Å²) < 4.78 is 11.0. The molecule has 0 aliphatic rings. The van der Waals surface area contributed by atoms with Crippen molar-refractivity contribution in [2.45, 2.75) is 34.1 Å². The van der Waals surface area contributed by atoms with Crippen molar-refractivity contribution < 1.29 is 19.4 Å². The minimum atomic E-state index is -0.999. The number of carboxylic acids is 1. The molecule has 0 saturated heterocycles. The van der Waals surface area contributed by atoms with Gasteiger partial charge in [0.25, 0.3) is 0 Å². The van der Waals surface area contributed by atoms with E-state index >= 15 is 0 Å². The molecule has 1 rings (SSSR count). The number of rotatable bonds is 7. The van der Waals surface area contributed by atoms with E-state index in [1.54, 1.807) is 18.2 Å². The van der Waals surface area contributed by atoms with E-state index in [0.29, 0.717) is 24.0 Å². The Labute approximate surface area is 120 Å².